The minimum Gasteiger partial charge on any atom is -0.456 e. The number of nitrogens with zero attached hydrogens (tertiary/aromatic N) is 2. The van der Waals surface area contributed by atoms with E-state index in [0.29, 0.717) is 0 Å². The Morgan fingerprint density at radius 1 is 0.250 bits per heavy atom. The zero-order chi connectivity index (χ0) is 41.9. The number of aromatic nitrogens is 2. The molecule has 10 aromatic carbocycles. The molecule has 0 atom stereocenters. The Hall–Kier alpha value is -8.60. The monoisotopic (exact) mass is 816 g/mol. The Bertz CT molecular complexity index is 4070. The number of rotatable bonds is 5. The van der Waals surface area contributed by atoms with Crippen LogP contribution >= 0.6 is 0 Å². The Morgan fingerprint density at radius 2 is 0.734 bits per heavy atom. The van der Waals surface area contributed by atoms with Crippen molar-refractivity contribution < 1.29 is 8.83 Å². The molecule has 0 amide bonds. The quantitative estimate of drug-likeness (QED) is 0.173. The van der Waals surface area contributed by atoms with Crippen LogP contribution in [-0.4, -0.2) is 9.13 Å². The van der Waals surface area contributed by atoms with Gasteiger partial charge in [-0.1, -0.05) is 127 Å². The van der Waals surface area contributed by atoms with Crippen molar-refractivity contribution in [3.8, 4) is 44.8 Å². The van der Waals surface area contributed by atoms with E-state index >= 15 is 0 Å². The lowest BCUT2D eigenvalue weighted by molar-refractivity contribution is 0.668. The van der Waals surface area contributed by atoms with Crippen LogP contribution in [0.4, 0.5) is 0 Å². The van der Waals surface area contributed by atoms with Crippen LogP contribution in [0.2, 0.25) is 0 Å². The molecule has 0 bridgehead atoms. The fourth-order valence-corrected chi connectivity index (χ4v) is 10.4. The van der Waals surface area contributed by atoms with E-state index in [0.717, 1.165) is 88.5 Å². The van der Waals surface area contributed by atoms with Crippen molar-refractivity contribution in [2.45, 2.75) is 0 Å². The number of para-hydroxylation sites is 5. The second-order valence-electron chi connectivity index (χ2n) is 16.9. The summed E-state index contributed by atoms with van der Waals surface area (Å²) in [7, 11) is 0. The minimum atomic E-state index is 0.874. The molecule has 0 aliphatic heterocycles. The highest BCUT2D eigenvalue weighted by atomic mass is 16.3. The second-order valence-corrected chi connectivity index (χ2v) is 16.9. The molecular weight excluding hydrogens is 781 g/mol. The summed E-state index contributed by atoms with van der Waals surface area (Å²) in [6.45, 7) is 0. The molecule has 0 saturated carbocycles. The van der Waals surface area contributed by atoms with Gasteiger partial charge in [0.2, 0.25) is 0 Å². The van der Waals surface area contributed by atoms with E-state index in [1.54, 1.807) is 0 Å². The molecule has 0 radical (unpaired) electrons. The van der Waals surface area contributed by atoms with Gasteiger partial charge in [0.1, 0.15) is 22.3 Å². The van der Waals surface area contributed by atoms with Gasteiger partial charge >= 0.3 is 0 Å². The van der Waals surface area contributed by atoms with Crippen molar-refractivity contribution in [2.24, 2.45) is 0 Å². The average molecular weight is 817 g/mol. The number of hydrogen-bond acceptors (Lipinski definition) is 2. The van der Waals surface area contributed by atoms with Gasteiger partial charge in [-0.25, -0.2) is 0 Å². The number of fused-ring (bicyclic) bond motifs is 12. The van der Waals surface area contributed by atoms with Gasteiger partial charge in [-0.2, -0.15) is 0 Å². The van der Waals surface area contributed by atoms with Crippen molar-refractivity contribution in [3.63, 3.8) is 0 Å². The molecule has 4 heterocycles. The Kier molecular flexibility index (Phi) is 7.36. The van der Waals surface area contributed by atoms with Gasteiger partial charge in [0.05, 0.1) is 22.1 Å². The van der Waals surface area contributed by atoms with Crippen LogP contribution in [0.5, 0.6) is 0 Å². The number of hydrogen-bond donors (Lipinski definition) is 0. The first-order chi connectivity index (χ1) is 31.7. The maximum atomic E-state index is 6.44. The third kappa shape index (κ3) is 5.17. The first kappa shape index (κ1) is 35.0. The Balaban J connectivity index is 1.01. The van der Waals surface area contributed by atoms with Gasteiger partial charge < -0.3 is 18.0 Å². The number of benzene rings is 10. The van der Waals surface area contributed by atoms with Gasteiger partial charge in [-0.15, -0.1) is 0 Å². The average Bonchev–Trinajstić information content (AvgIpc) is 4.11. The smallest absolute Gasteiger partial charge is 0.136 e. The molecular formula is C60H36N2O2. The van der Waals surface area contributed by atoms with Crippen LogP contribution in [0, 0.1) is 0 Å². The third-order valence-electron chi connectivity index (χ3n) is 13.3. The highest BCUT2D eigenvalue weighted by Crippen LogP contribution is 2.43. The number of furan rings is 2. The maximum absolute atomic E-state index is 6.44. The minimum absolute atomic E-state index is 0.874. The highest BCUT2D eigenvalue weighted by Gasteiger charge is 2.20. The lowest BCUT2D eigenvalue weighted by Crippen LogP contribution is -1.96. The summed E-state index contributed by atoms with van der Waals surface area (Å²) in [6, 6.07) is 78.7. The molecule has 14 rings (SSSR count). The fraction of sp³-hybridized carbons (Fsp3) is 0. The molecule has 0 saturated heterocycles. The molecule has 4 nitrogen and oxygen atoms in total. The lowest BCUT2D eigenvalue weighted by atomic mass is 9.96. The van der Waals surface area contributed by atoms with Crippen molar-refractivity contribution >= 4 is 87.5 Å². The van der Waals surface area contributed by atoms with Crippen LogP contribution in [0.25, 0.3) is 132 Å². The van der Waals surface area contributed by atoms with Crippen LogP contribution in [0.15, 0.2) is 227 Å². The van der Waals surface area contributed by atoms with Crippen molar-refractivity contribution in [1.29, 1.82) is 0 Å². The molecule has 0 N–H and O–H groups in total. The van der Waals surface area contributed by atoms with Crippen LogP contribution in [0.1, 0.15) is 0 Å². The molecule has 298 valence electrons. The molecule has 0 aliphatic carbocycles. The molecule has 0 fully saturated rings. The topological polar surface area (TPSA) is 36.1 Å². The lowest BCUT2D eigenvalue weighted by Gasteiger charge is -2.14. The van der Waals surface area contributed by atoms with Gasteiger partial charge in [0.25, 0.3) is 0 Å². The molecule has 0 spiro atoms. The van der Waals surface area contributed by atoms with E-state index in [1.165, 1.54) is 43.7 Å². The van der Waals surface area contributed by atoms with E-state index in [2.05, 4.69) is 203 Å². The molecule has 14 aromatic rings. The Labute approximate surface area is 367 Å². The summed E-state index contributed by atoms with van der Waals surface area (Å²) < 4.78 is 17.7. The second kappa shape index (κ2) is 13.4. The Morgan fingerprint density at radius 3 is 1.41 bits per heavy atom. The predicted molar refractivity (Wildman–Crippen MR) is 266 cm³/mol. The van der Waals surface area contributed by atoms with Crippen LogP contribution in [0.3, 0.4) is 0 Å². The summed E-state index contributed by atoms with van der Waals surface area (Å²) in [5.41, 5.74) is 17.2. The van der Waals surface area contributed by atoms with Crippen molar-refractivity contribution in [1.82, 2.24) is 9.13 Å². The summed E-state index contributed by atoms with van der Waals surface area (Å²) >= 11 is 0. The SMILES string of the molecule is c1ccc(-n2c3ccccc3c3ccc(-c4cccc5c4c4ccccc4n5-c4cc(-c5ccc6c(c5)oc5ccccc56)cc(-c5ccc6c(c5)oc5ccccc56)c4)cc32)cc1. The zero-order valence-electron chi connectivity index (χ0n) is 34.5. The van der Waals surface area contributed by atoms with Gasteiger partial charge in [-0.05, 0) is 124 Å². The van der Waals surface area contributed by atoms with E-state index in [1.807, 2.05) is 24.3 Å². The van der Waals surface area contributed by atoms with Crippen molar-refractivity contribution in [2.75, 3.05) is 0 Å². The van der Waals surface area contributed by atoms with Crippen LogP contribution < -0.4 is 0 Å². The largest absolute Gasteiger partial charge is 0.456 e. The van der Waals surface area contributed by atoms with Gasteiger partial charge in [-0.3, -0.25) is 0 Å². The van der Waals surface area contributed by atoms with E-state index in [9.17, 15) is 0 Å². The van der Waals surface area contributed by atoms with Gasteiger partial charge in [0.15, 0.2) is 0 Å². The normalized spacial score (nSPS) is 12.1. The predicted octanol–water partition coefficient (Wildman–Crippen LogP) is 16.7. The molecule has 4 heteroatoms. The van der Waals surface area contributed by atoms with E-state index in [-0.39, 0.29) is 0 Å². The third-order valence-corrected chi connectivity index (χ3v) is 13.3. The molecule has 64 heavy (non-hydrogen) atoms. The maximum Gasteiger partial charge on any atom is 0.136 e. The molecule has 4 aromatic heterocycles. The molecule has 0 unspecified atom stereocenters. The first-order valence-electron chi connectivity index (χ1n) is 21.8. The van der Waals surface area contributed by atoms with E-state index in [4.69, 9.17) is 8.83 Å². The fourth-order valence-electron chi connectivity index (χ4n) is 10.4. The summed E-state index contributed by atoms with van der Waals surface area (Å²) in [5, 5.41) is 9.39. The zero-order valence-corrected chi connectivity index (χ0v) is 34.5. The van der Waals surface area contributed by atoms with Crippen molar-refractivity contribution in [3.05, 3.63) is 218 Å². The summed E-state index contributed by atoms with van der Waals surface area (Å²) in [5.74, 6) is 0. The first-order valence-corrected chi connectivity index (χ1v) is 21.8. The molecule has 0 aliphatic rings. The van der Waals surface area contributed by atoms with E-state index < -0.39 is 0 Å². The summed E-state index contributed by atoms with van der Waals surface area (Å²) in [6.07, 6.45) is 0. The summed E-state index contributed by atoms with van der Waals surface area (Å²) in [4.78, 5) is 0. The van der Waals surface area contributed by atoms with Crippen LogP contribution in [-0.2, 0) is 0 Å². The van der Waals surface area contributed by atoms with Gasteiger partial charge in [0, 0.05) is 54.5 Å². The highest BCUT2D eigenvalue weighted by molar-refractivity contribution is 6.17. The standard InChI is InChI=1S/C60H36N2O2/c1-2-13-42(14-3-1)61-52-20-8-4-15-45(52)46-28-27-39(34-55(46)61)44-19-12-22-54-60(44)51-18-5-9-21-53(51)62(54)43-32-40(37-25-29-49-47-16-6-10-23-56(47)63-58(49)35-37)31-41(33-43)38-26-30-50-48-17-7-11-24-57(48)64-59(50)36-38/h1-36H.